The van der Waals surface area contributed by atoms with Crippen molar-refractivity contribution in [3.05, 3.63) is 83.3 Å². The number of aryl methyl sites for hydroxylation is 1. The summed E-state index contributed by atoms with van der Waals surface area (Å²) in [4.78, 5) is 39.5. The van der Waals surface area contributed by atoms with Crippen LogP contribution in [0, 0.1) is 12.7 Å². The van der Waals surface area contributed by atoms with Crippen LogP contribution >= 0.6 is 11.6 Å². The van der Waals surface area contributed by atoms with E-state index in [1.54, 1.807) is 48.5 Å². The molecule has 262 valence electrons. The molecular weight excluding hydrogens is 674 g/mol. The number of aromatic nitrogens is 5. The maximum absolute atomic E-state index is 16.8. The largest absolute Gasteiger partial charge is 0.461 e. The Morgan fingerprint density at radius 1 is 1.10 bits per heavy atom. The van der Waals surface area contributed by atoms with Crippen molar-refractivity contribution in [2.75, 3.05) is 38.1 Å². The van der Waals surface area contributed by atoms with E-state index in [2.05, 4.69) is 30.2 Å². The van der Waals surface area contributed by atoms with Gasteiger partial charge < -0.3 is 15.0 Å². The van der Waals surface area contributed by atoms with Gasteiger partial charge in [-0.1, -0.05) is 41.9 Å². The van der Waals surface area contributed by atoms with Crippen LogP contribution < -0.4 is 10.1 Å². The summed E-state index contributed by atoms with van der Waals surface area (Å²) < 4.78 is 37.6. The third-order valence-corrected chi connectivity index (χ3v) is 10.6. The number of nitrogens with zero attached hydrogens (tertiary/aromatic N) is 7. The van der Waals surface area contributed by atoms with Crippen molar-refractivity contribution in [2.24, 2.45) is 0 Å². The number of alkyl halides is 1. The molecule has 3 fully saturated rings. The van der Waals surface area contributed by atoms with Crippen molar-refractivity contribution in [1.29, 1.82) is 0 Å². The molecule has 0 aliphatic carbocycles. The lowest BCUT2D eigenvalue weighted by Gasteiger charge is -2.33. The first-order chi connectivity index (χ1) is 24.8. The molecule has 3 aliphatic rings. The average molecular weight is 711 g/mol. The summed E-state index contributed by atoms with van der Waals surface area (Å²) >= 11 is 6.62. The average Bonchev–Trinajstić information content (AvgIpc) is 3.66. The number of likely N-dealkylation sites (tertiary alicyclic amines) is 1. The van der Waals surface area contributed by atoms with E-state index >= 15 is 4.39 Å². The second kappa shape index (κ2) is 13.7. The number of hydrogen-bond acceptors (Lipinski definition) is 9. The predicted molar refractivity (Wildman–Crippen MR) is 193 cm³/mol. The summed E-state index contributed by atoms with van der Waals surface area (Å²) in [7, 11) is 0. The van der Waals surface area contributed by atoms with Crippen LogP contribution in [0.25, 0.3) is 39.0 Å². The first kappa shape index (κ1) is 33.3. The Hall–Kier alpha value is -4.81. The first-order valence-electron chi connectivity index (χ1n) is 17.4. The topological polar surface area (TPSA) is 109 Å². The Morgan fingerprint density at radius 2 is 1.96 bits per heavy atom. The second-order valence-corrected chi connectivity index (χ2v) is 14.1. The molecular formula is C38H37ClF2N8O2. The van der Waals surface area contributed by atoms with E-state index in [9.17, 15) is 9.18 Å². The molecule has 0 bridgehead atoms. The fraction of sp³-hybridized carbons (Fsp3) is 0.368. The Morgan fingerprint density at radius 3 is 2.82 bits per heavy atom. The molecule has 13 heteroatoms. The van der Waals surface area contributed by atoms with Crippen LogP contribution in [-0.4, -0.2) is 91.2 Å². The number of amides is 1. The summed E-state index contributed by atoms with van der Waals surface area (Å²) in [5, 5.41) is 5.88. The van der Waals surface area contributed by atoms with Gasteiger partial charge in [0.2, 0.25) is 5.91 Å². The first-order valence-corrected chi connectivity index (χ1v) is 17.7. The summed E-state index contributed by atoms with van der Waals surface area (Å²) in [6.45, 7) is 4.21. The van der Waals surface area contributed by atoms with Crippen molar-refractivity contribution in [1.82, 2.24) is 34.7 Å². The molecule has 6 heterocycles. The number of ether oxygens (including phenoxy) is 1. The lowest BCUT2D eigenvalue weighted by molar-refractivity contribution is -0.126. The predicted octanol–water partition coefficient (Wildman–Crippen LogP) is 6.81. The molecule has 3 aliphatic heterocycles. The molecule has 5 aromatic rings. The summed E-state index contributed by atoms with van der Waals surface area (Å²) in [6.07, 6.45) is 9.19. The van der Waals surface area contributed by atoms with Crippen LogP contribution in [0.3, 0.4) is 0 Å². The minimum atomic E-state index is -0.917. The number of halogens is 3. The van der Waals surface area contributed by atoms with Crippen LogP contribution in [0.5, 0.6) is 6.01 Å². The lowest BCUT2D eigenvalue weighted by atomic mass is 9.95. The van der Waals surface area contributed by atoms with Crippen LogP contribution in [-0.2, 0) is 4.79 Å². The second-order valence-electron chi connectivity index (χ2n) is 13.7. The maximum Gasteiger partial charge on any atom is 0.319 e. The number of pyridine rings is 1. The van der Waals surface area contributed by atoms with E-state index in [0.717, 1.165) is 37.6 Å². The monoisotopic (exact) mass is 710 g/mol. The van der Waals surface area contributed by atoms with Gasteiger partial charge in [0.15, 0.2) is 5.82 Å². The number of benzene rings is 2. The van der Waals surface area contributed by atoms with Crippen LogP contribution in [0.4, 0.5) is 14.6 Å². The Bertz CT molecular complexity index is 2160. The highest BCUT2D eigenvalue weighted by Crippen LogP contribution is 2.41. The lowest BCUT2D eigenvalue weighted by Crippen LogP contribution is -2.44. The number of nitrogens with one attached hydrogen (secondary N) is 1. The fourth-order valence-electron chi connectivity index (χ4n) is 7.86. The highest BCUT2D eigenvalue weighted by Gasteiger charge is 2.49. The van der Waals surface area contributed by atoms with Crippen molar-refractivity contribution in [3.8, 4) is 17.3 Å². The van der Waals surface area contributed by atoms with E-state index in [1.165, 1.54) is 6.08 Å². The molecule has 0 spiro atoms. The van der Waals surface area contributed by atoms with E-state index in [-0.39, 0.29) is 35.8 Å². The molecule has 10 nitrogen and oxygen atoms in total. The van der Waals surface area contributed by atoms with Gasteiger partial charge in [-0.25, -0.2) is 18.7 Å². The number of piperidine rings is 1. The van der Waals surface area contributed by atoms with Crippen molar-refractivity contribution >= 4 is 51.1 Å². The Labute approximate surface area is 298 Å². The Balaban J connectivity index is 1.12. The number of rotatable bonds is 8. The number of fused-ring (bicyclic) bond motifs is 3. The minimum Gasteiger partial charge on any atom is -0.461 e. The third-order valence-electron chi connectivity index (χ3n) is 10.3. The molecule has 1 N–H and O–H groups in total. The van der Waals surface area contributed by atoms with Gasteiger partial charge in [0.25, 0.3) is 0 Å². The van der Waals surface area contributed by atoms with Crippen molar-refractivity contribution in [2.45, 2.75) is 56.8 Å². The standard InChI is InChI=1S/C38H37ClF2N8O2/c1-23-42-15-13-26(44-23)11-12-31(50)48-16-4-8-27(21-48)45-36-29-19-43-34(28-9-2-6-24-7-3-10-30(39)32(24)28)33(41)35(29)46-37(47-36)51-22-38-14-5-17-49(38)20-25(40)18-38/h2-3,6-7,9-13,15,19,25,27H,4-5,8,14,16-18,20-22H2,1H3,(H,45,46,47)/b12-11+/t25-,27-,38?/m1/s1. The highest BCUT2D eigenvalue weighted by molar-refractivity contribution is 6.36. The van der Waals surface area contributed by atoms with Crippen LogP contribution in [0.15, 0.2) is 60.9 Å². The molecule has 2 aromatic carbocycles. The highest BCUT2D eigenvalue weighted by atomic mass is 35.5. The molecule has 1 unspecified atom stereocenters. The molecule has 3 atom stereocenters. The number of carbonyl (C=O) groups excluding carboxylic acids is 1. The zero-order chi connectivity index (χ0) is 35.1. The van der Waals surface area contributed by atoms with Gasteiger partial charge in [0, 0.05) is 66.5 Å². The van der Waals surface area contributed by atoms with E-state index in [1.807, 2.05) is 24.3 Å². The smallest absolute Gasteiger partial charge is 0.319 e. The minimum absolute atomic E-state index is 0.00708. The molecule has 0 saturated carbocycles. The summed E-state index contributed by atoms with van der Waals surface area (Å²) in [6, 6.07) is 12.6. The number of anilines is 1. The van der Waals surface area contributed by atoms with Gasteiger partial charge in [0.1, 0.15) is 35.6 Å². The number of hydrogen-bond donors (Lipinski definition) is 1. The van der Waals surface area contributed by atoms with Gasteiger partial charge >= 0.3 is 6.01 Å². The van der Waals surface area contributed by atoms with Crippen LogP contribution in [0.2, 0.25) is 5.02 Å². The third kappa shape index (κ3) is 6.58. The van der Waals surface area contributed by atoms with Gasteiger partial charge in [0.05, 0.1) is 16.6 Å². The molecule has 0 radical (unpaired) electrons. The number of carbonyl (C=O) groups is 1. The van der Waals surface area contributed by atoms with Crippen molar-refractivity contribution in [3.63, 3.8) is 0 Å². The van der Waals surface area contributed by atoms with E-state index < -0.39 is 17.5 Å². The SMILES string of the molecule is Cc1nccc(/C=C/C(=O)N2CCC[C@@H](Nc3nc(OCC45CCCN4C[C@H](F)C5)nc4c(F)c(-c5cccc6cccc(Cl)c56)ncc34)C2)n1. The molecule has 51 heavy (non-hydrogen) atoms. The van der Waals surface area contributed by atoms with Gasteiger partial charge in [-0.05, 0) is 62.7 Å². The summed E-state index contributed by atoms with van der Waals surface area (Å²) in [5.74, 6) is 0.210. The zero-order valence-electron chi connectivity index (χ0n) is 28.2. The fourth-order valence-corrected chi connectivity index (χ4v) is 8.14. The molecule has 3 aromatic heterocycles. The maximum atomic E-state index is 16.8. The van der Waals surface area contributed by atoms with E-state index in [0.29, 0.717) is 64.7 Å². The summed E-state index contributed by atoms with van der Waals surface area (Å²) in [5.41, 5.74) is 0.907. The normalized spacial score (nSPS) is 22.2. The molecule has 3 saturated heterocycles. The molecule has 8 rings (SSSR count). The van der Waals surface area contributed by atoms with Gasteiger partial charge in [-0.15, -0.1) is 0 Å². The van der Waals surface area contributed by atoms with Crippen molar-refractivity contribution < 1.29 is 18.3 Å². The van der Waals surface area contributed by atoms with Gasteiger partial charge in [-0.2, -0.15) is 9.97 Å². The quantitative estimate of drug-likeness (QED) is 0.174. The zero-order valence-corrected chi connectivity index (χ0v) is 28.9. The Kier molecular flexibility index (Phi) is 8.97. The van der Waals surface area contributed by atoms with Crippen LogP contribution in [0.1, 0.15) is 43.6 Å². The molecule has 1 amide bonds. The van der Waals surface area contributed by atoms with E-state index in [4.69, 9.17) is 21.3 Å². The van der Waals surface area contributed by atoms with Gasteiger partial charge in [-0.3, -0.25) is 14.7 Å².